The van der Waals surface area contributed by atoms with Gasteiger partial charge in [0.15, 0.2) is 11.5 Å². The maximum absolute atomic E-state index is 11.3. The van der Waals surface area contributed by atoms with Crippen LogP contribution in [-0.2, 0) is 4.74 Å². The quantitative estimate of drug-likeness (QED) is 0.662. The van der Waals surface area contributed by atoms with Gasteiger partial charge >= 0.3 is 5.97 Å². The summed E-state index contributed by atoms with van der Waals surface area (Å²) in [4.78, 5) is 11.3. The zero-order chi connectivity index (χ0) is 11.1. The molecular weight excluding hydrogens is 196 g/mol. The van der Waals surface area contributed by atoms with Crippen LogP contribution in [0.3, 0.4) is 0 Å². The van der Waals surface area contributed by atoms with Gasteiger partial charge in [0.2, 0.25) is 5.79 Å². The van der Waals surface area contributed by atoms with Gasteiger partial charge in [0.1, 0.15) is 0 Å². The molecule has 2 rings (SSSR count). The zero-order valence-corrected chi connectivity index (χ0v) is 8.87. The predicted octanol–water partition coefficient (Wildman–Crippen LogP) is 1.98. The van der Waals surface area contributed by atoms with E-state index in [0.29, 0.717) is 17.1 Å². The minimum atomic E-state index is -0.670. The van der Waals surface area contributed by atoms with Crippen molar-refractivity contribution in [1.82, 2.24) is 0 Å². The Labute approximate surface area is 87.8 Å². The second-order valence-corrected chi connectivity index (χ2v) is 3.76. The Morgan fingerprint density at radius 3 is 2.60 bits per heavy atom. The Kier molecular flexibility index (Phi) is 2.07. The fourth-order valence-corrected chi connectivity index (χ4v) is 1.47. The first-order chi connectivity index (χ1) is 7.02. The fraction of sp³-hybridized carbons (Fsp3) is 0.364. The topological polar surface area (TPSA) is 44.8 Å². The van der Waals surface area contributed by atoms with Gasteiger partial charge < -0.3 is 14.2 Å². The van der Waals surface area contributed by atoms with E-state index in [0.717, 1.165) is 0 Å². The van der Waals surface area contributed by atoms with Gasteiger partial charge in [-0.25, -0.2) is 4.79 Å². The third kappa shape index (κ3) is 1.75. The van der Waals surface area contributed by atoms with Crippen molar-refractivity contribution in [2.75, 3.05) is 7.11 Å². The maximum atomic E-state index is 11.3. The highest BCUT2D eigenvalue weighted by Gasteiger charge is 2.32. The highest BCUT2D eigenvalue weighted by Crippen LogP contribution is 2.39. The summed E-state index contributed by atoms with van der Waals surface area (Å²) in [5, 5.41) is 0. The van der Waals surface area contributed by atoms with Gasteiger partial charge in [-0.2, -0.15) is 0 Å². The highest BCUT2D eigenvalue weighted by atomic mass is 16.7. The van der Waals surface area contributed by atoms with E-state index in [-0.39, 0.29) is 5.97 Å². The molecule has 0 fully saturated rings. The van der Waals surface area contributed by atoms with Crippen molar-refractivity contribution < 1.29 is 19.0 Å². The lowest BCUT2D eigenvalue weighted by Gasteiger charge is -2.16. The molecule has 1 aliphatic heterocycles. The van der Waals surface area contributed by atoms with E-state index in [1.807, 2.05) is 13.8 Å². The number of esters is 1. The molecule has 0 saturated carbocycles. The molecule has 0 saturated heterocycles. The molecule has 0 atom stereocenters. The van der Waals surface area contributed by atoms with Crippen molar-refractivity contribution in [3.63, 3.8) is 0 Å². The van der Waals surface area contributed by atoms with Crippen LogP contribution in [0.2, 0.25) is 0 Å². The lowest BCUT2D eigenvalue weighted by molar-refractivity contribution is -0.0431. The lowest BCUT2D eigenvalue weighted by Crippen LogP contribution is -2.29. The summed E-state index contributed by atoms with van der Waals surface area (Å²) in [6.07, 6.45) is 0. The number of hydrogen-bond donors (Lipinski definition) is 0. The smallest absolute Gasteiger partial charge is 0.337 e. The van der Waals surface area contributed by atoms with Crippen molar-refractivity contribution in [2.45, 2.75) is 19.6 Å². The Balaban J connectivity index is 2.34. The minimum Gasteiger partial charge on any atom is -0.465 e. The number of benzene rings is 1. The average Bonchev–Trinajstić information content (AvgIpc) is 2.49. The van der Waals surface area contributed by atoms with Crippen molar-refractivity contribution in [2.24, 2.45) is 0 Å². The minimum absolute atomic E-state index is 0.383. The first-order valence-electron chi connectivity index (χ1n) is 4.62. The monoisotopic (exact) mass is 208 g/mol. The van der Waals surface area contributed by atoms with Crippen LogP contribution < -0.4 is 9.47 Å². The van der Waals surface area contributed by atoms with Gasteiger partial charge in [-0.05, 0) is 18.2 Å². The third-order valence-electron chi connectivity index (χ3n) is 2.08. The fourth-order valence-electron chi connectivity index (χ4n) is 1.47. The number of methoxy groups -OCH3 is 1. The van der Waals surface area contributed by atoms with Crippen LogP contribution in [0.5, 0.6) is 11.5 Å². The maximum Gasteiger partial charge on any atom is 0.337 e. The molecule has 0 amide bonds. The van der Waals surface area contributed by atoms with E-state index in [9.17, 15) is 4.79 Å². The highest BCUT2D eigenvalue weighted by molar-refractivity contribution is 5.90. The summed E-state index contributed by atoms with van der Waals surface area (Å²) in [7, 11) is 1.34. The Morgan fingerprint density at radius 2 is 1.93 bits per heavy atom. The van der Waals surface area contributed by atoms with Crippen LogP contribution >= 0.6 is 0 Å². The number of rotatable bonds is 1. The molecule has 0 radical (unpaired) electrons. The normalized spacial score (nSPS) is 16.2. The molecule has 0 aliphatic carbocycles. The molecule has 0 bridgehead atoms. The second kappa shape index (κ2) is 3.15. The van der Waals surface area contributed by atoms with Gasteiger partial charge in [0.05, 0.1) is 12.7 Å². The van der Waals surface area contributed by atoms with E-state index in [1.165, 1.54) is 7.11 Å². The predicted molar refractivity (Wildman–Crippen MR) is 53.1 cm³/mol. The summed E-state index contributed by atoms with van der Waals surface area (Å²) in [5.41, 5.74) is 0.456. The van der Waals surface area contributed by atoms with E-state index in [4.69, 9.17) is 9.47 Å². The number of fused-ring (bicyclic) bond motifs is 1. The molecule has 0 unspecified atom stereocenters. The van der Waals surface area contributed by atoms with Crippen LogP contribution in [0, 0.1) is 0 Å². The molecule has 4 heteroatoms. The molecule has 1 aliphatic rings. The van der Waals surface area contributed by atoms with Crippen molar-refractivity contribution in [3.8, 4) is 11.5 Å². The Bertz CT molecular complexity index is 409. The van der Waals surface area contributed by atoms with Crippen LogP contribution in [0.15, 0.2) is 18.2 Å². The number of ether oxygens (including phenoxy) is 3. The number of carbonyl (C=O) groups excluding carboxylic acids is 1. The van der Waals surface area contributed by atoms with Crippen LogP contribution in [0.1, 0.15) is 24.2 Å². The summed E-state index contributed by atoms with van der Waals surface area (Å²) < 4.78 is 15.6. The van der Waals surface area contributed by atoms with Crippen molar-refractivity contribution in [1.29, 1.82) is 0 Å². The molecule has 0 N–H and O–H groups in total. The molecule has 1 heterocycles. The number of hydrogen-bond acceptors (Lipinski definition) is 4. The molecule has 1 aromatic carbocycles. The summed E-state index contributed by atoms with van der Waals surface area (Å²) in [5.74, 6) is 0.165. The Hall–Kier alpha value is -1.71. The third-order valence-corrected chi connectivity index (χ3v) is 2.08. The zero-order valence-electron chi connectivity index (χ0n) is 8.87. The van der Waals surface area contributed by atoms with E-state index < -0.39 is 5.79 Å². The lowest BCUT2D eigenvalue weighted by atomic mass is 10.2. The van der Waals surface area contributed by atoms with E-state index in [2.05, 4.69) is 4.74 Å². The Morgan fingerprint density at radius 1 is 1.27 bits per heavy atom. The van der Waals surface area contributed by atoms with Crippen molar-refractivity contribution in [3.05, 3.63) is 23.8 Å². The van der Waals surface area contributed by atoms with E-state index >= 15 is 0 Å². The standard InChI is InChI=1S/C11H12O4/c1-11(2)14-8-5-4-7(10(12)13-3)6-9(8)15-11/h4-6H,1-3H3. The van der Waals surface area contributed by atoms with Gasteiger partial charge in [-0.1, -0.05) is 0 Å². The molecule has 0 aromatic heterocycles. The van der Waals surface area contributed by atoms with Crippen molar-refractivity contribution >= 4 is 5.97 Å². The molecule has 80 valence electrons. The van der Waals surface area contributed by atoms with Gasteiger partial charge in [0, 0.05) is 13.8 Å². The van der Waals surface area contributed by atoms with Crippen LogP contribution in [-0.4, -0.2) is 18.9 Å². The summed E-state index contributed by atoms with van der Waals surface area (Å²) in [6.45, 7) is 3.62. The molecule has 15 heavy (non-hydrogen) atoms. The van der Waals surface area contributed by atoms with E-state index in [1.54, 1.807) is 18.2 Å². The largest absolute Gasteiger partial charge is 0.465 e. The summed E-state index contributed by atoms with van der Waals surface area (Å²) >= 11 is 0. The first-order valence-corrected chi connectivity index (χ1v) is 4.62. The van der Waals surface area contributed by atoms with Gasteiger partial charge in [-0.15, -0.1) is 0 Å². The van der Waals surface area contributed by atoms with Gasteiger partial charge in [-0.3, -0.25) is 0 Å². The SMILES string of the molecule is COC(=O)c1ccc2c(c1)OC(C)(C)O2. The first kappa shape index (κ1) is 9.83. The second-order valence-electron chi connectivity index (χ2n) is 3.76. The van der Waals surface area contributed by atoms with Gasteiger partial charge in [0.25, 0.3) is 0 Å². The molecule has 4 nitrogen and oxygen atoms in total. The van der Waals surface area contributed by atoms with Crippen LogP contribution in [0.25, 0.3) is 0 Å². The molecule has 0 spiro atoms. The average molecular weight is 208 g/mol. The number of carbonyl (C=O) groups is 1. The molecule has 1 aromatic rings. The van der Waals surface area contributed by atoms with Crippen LogP contribution in [0.4, 0.5) is 0 Å². The summed E-state index contributed by atoms with van der Waals surface area (Å²) in [6, 6.07) is 4.97. The molecular formula is C11H12O4.